The molecule has 0 aromatic carbocycles. The molecule has 3 heteroatoms. The molecule has 0 amide bonds. The summed E-state index contributed by atoms with van der Waals surface area (Å²) in [5.41, 5.74) is -0.515. The molecule has 2 aliphatic carbocycles. The fourth-order valence-corrected chi connectivity index (χ4v) is 3.06. The summed E-state index contributed by atoms with van der Waals surface area (Å²) in [5.74, 6) is 0. The molecule has 2 atom stereocenters. The van der Waals surface area contributed by atoms with E-state index in [1.165, 1.54) is 12.8 Å². The van der Waals surface area contributed by atoms with E-state index < -0.39 is 5.60 Å². The van der Waals surface area contributed by atoms with Crippen LogP contribution in [0.5, 0.6) is 0 Å². The molecule has 2 fully saturated rings. The van der Waals surface area contributed by atoms with Crippen molar-refractivity contribution >= 4 is 0 Å². The molecule has 3 nitrogen and oxygen atoms in total. The first kappa shape index (κ1) is 12.3. The minimum Gasteiger partial charge on any atom is -0.392 e. The van der Waals surface area contributed by atoms with Gasteiger partial charge in [0.2, 0.25) is 0 Å². The Bertz CT molecular complexity index is 212. The van der Waals surface area contributed by atoms with Gasteiger partial charge >= 0.3 is 0 Å². The molecule has 0 aromatic heterocycles. The lowest BCUT2D eigenvalue weighted by molar-refractivity contribution is 0.0181. The van der Waals surface area contributed by atoms with Crippen molar-refractivity contribution < 1.29 is 10.2 Å². The quantitative estimate of drug-likeness (QED) is 0.642. The van der Waals surface area contributed by atoms with Crippen LogP contribution in [0, 0.1) is 0 Å². The number of hydrogen-bond acceptors (Lipinski definition) is 3. The second-order valence-corrected chi connectivity index (χ2v) is 5.62. The largest absolute Gasteiger partial charge is 0.392 e. The van der Waals surface area contributed by atoms with Crippen molar-refractivity contribution in [1.82, 2.24) is 5.32 Å². The molecule has 0 spiro atoms. The summed E-state index contributed by atoms with van der Waals surface area (Å²) in [5, 5.41) is 23.5. The minimum atomic E-state index is -0.515. The van der Waals surface area contributed by atoms with Crippen molar-refractivity contribution in [3.8, 4) is 0 Å². The van der Waals surface area contributed by atoms with Crippen LogP contribution in [-0.2, 0) is 0 Å². The fourth-order valence-electron chi connectivity index (χ4n) is 3.06. The SMILES string of the molecule is O[C@@H]1CCC[C@H]1NCC1(O)CCCCCC1. The van der Waals surface area contributed by atoms with Crippen LogP contribution in [0.25, 0.3) is 0 Å². The van der Waals surface area contributed by atoms with Gasteiger partial charge in [-0.25, -0.2) is 0 Å². The molecule has 0 heterocycles. The Morgan fingerprint density at radius 3 is 2.25 bits per heavy atom. The molecule has 0 aromatic rings. The van der Waals surface area contributed by atoms with Gasteiger partial charge < -0.3 is 15.5 Å². The van der Waals surface area contributed by atoms with Gasteiger partial charge in [-0.2, -0.15) is 0 Å². The van der Waals surface area contributed by atoms with E-state index in [0.717, 1.165) is 44.9 Å². The van der Waals surface area contributed by atoms with E-state index in [0.29, 0.717) is 6.54 Å². The molecule has 2 aliphatic rings. The van der Waals surface area contributed by atoms with Gasteiger partial charge in [-0.3, -0.25) is 0 Å². The van der Waals surface area contributed by atoms with Crippen LogP contribution in [0.4, 0.5) is 0 Å². The van der Waals surface area contributed by atoms with Crippen LogP contribution < -0.4 is 5.32 Å². The lowest BCUT2D eigenvalue weighted by atomic mass is 9.94. The first-order valence-corrected chi connectivity index (χ1v) is 6.83. The van der Waals surface area contributed by atoms with E-state index >= 15 is 0 Å². The van der Waals surface area contributed by atoms with Gasteiger partial charge in [0.25, 0.3) is 0 Å². The van der Waals surface area contributed by atoms with Crippen molar-refractivity contribution in [2.45, 2.75) is 75.5 Å². The highest BCUT2D eigenvalue weighted by Gasteiger charge is 2.31. The van der Waals surface area contributed by atoms with Crippen molar-refractivity contribution in [1.29, 1.82) is 0 Å². The van der Waals surface area contributed by atoms with Gasteiger partial charge in [0.05, 0.1) is 11.7 Å². The minimum absolute atomic E-state index is 0.200. The average Bonchev–Trinajstić information content (AvgIpc) is 2.54. The normalized spacial score (nSPS) is 34.9. The van der Waals surface area contributed by atoms with Gasteiger partial charge in [0, 0.05) is 12.6 Å². The standard InChI is InChI=1S/C13H25NO2/c15-12-7-5-6-11(12)14-10-13(16)8-3-1-2-4-9-13/h11-12,14-16H,1-10H2/t11-,12-/m1/s1. The van der Waals surface area contributed by atoms with E-state index in [9.17, 15) is 10.2 Å². The Labute approximate surface area is 98.2 Å². The zero-order valence-corrected chi connectivity index (χ0v) is 10.1. The topological polar surface area (TPSA) is 52.5 Å². The number of aliphatic hydroxyl groups is 2. The van der Waals surface area contributed by atoms with E-state index in [2.05, 4.69) is 5.32 Å². The number of rotatable bonds is 3. The second-order valence-electron chi connectivity index (χ2n) is 5.62. The summed E-state index contributed by atoms with van der Waals surface area (Å²) in [6, 6.07) is 0.215. The maximum atomic E-state index is 10.5. The number of aliphatic hydroxyl groups excluding tert-OH is 1. The Hall–Kier alpha value is -0.120. The lowest BCUT2D eigenvalue weighted by Gasteiger charge is -2.29. The molecular weight excluding hydrogens is 202 g/mol. The Morgan fingerprint density at radius 2 is 1.69 bits per heavy atom. The third kappa shape index (κ3) is 3.19. The van der Waals surface area contributed by atoms with Crippen LogP contribution in [0.15, 0.2) is 0 Å². The van der Waals surface area contributed by atoms with Crippen molar-refractivity contribution in [3.05, 3.63) is 0 Å². The monoisotopic (exact) mass is 227 g/mol. The Kier molecular flexibility index (Phi) is 4.22. The van der Waals surface area contributed by atoms with Gasteiger partial charge in [-0.1, -0.05) is 25.7 Å². The smallest absolute Gasteiger partial charge is 0.0771 e. The Balaban J connectivity index is 1.78. The van der Waals surface area contributed by atoms with E-state index in [-0.39, 0.29) is 12.1 Å². The van der Waals surface area contributed by atoms with E-state index in [4.69, 9.17) is 0 Å². The second kappa shape index (κ2) is 5.48. The van der Waals surface area contributed by atoms with Crippen LogP contribution in [0.3, 0.4) is 0 Å². The third-order valence-electron chi connectivity index (χ3n) is 4.21. The first-order valence-electron chi connectivity index (χ1n) is 6.83. The van der Waals surface area contributed by atoms with Crippen molar-refractivity contribution in [2.75, 3.05) is 6.54 Å². The molecule has 94 valence electrons. The molecule has 2 saturated carbocycles. The maximum absolute atomic E-state index is 10.5. The summed E-state index contributed by atoms with van der Waals surface area (Å²) in [4.78, 5) is 0. The highest BCUT2D eigenvalue weighted by molar-refractivity contribution is 4.88. The fraction of sp³-hybridized carbons (Fsp3) is 1.00. The van der Waals surface area contributed by atoms with Gasteiger partial charge in [-0.05, 0) is 32.1 Å². The highest BCUT2D eigenvalue weighted by atomic mass is 16.3. The zero-order valence-electron chi connectivity index (χ0n) is 10.1. The molecule has 16 heavy (non-hydrogen) atoms. The molecule has 3 N–H and O–H groups in total. The molecule has 0 saturated heterocycles. The van der Waals surface area contributed by atoms with Crippen LogP contribution in [0.2, 0.25) is 0 Å². The molecule has 0 bridgehead atoms. The third-order valence-corrected chi connectivity index (χ3v) is 4.21. The molecule has 2 rings (SSSR count). The number of hydrogen-bond donors (Lipinski definition) is 3. The highest BCUT2D eigenvalue weighted by Crippen LogP contribution is 2.27. The lowest BCUT2D eigenvalue weighted by Crippen LogP contribution is -2.46. The zero-order chi connectivity index (χ0) is 11.4. The predicted molar refractivity (Wildman–Crippen MR) is 64.3 cm³/mol. The average molecular weight is 227 g/mol. The van der Waals surface area contributed by atoms with Crippen molar-refractivity contribution in [3.63, 3.8) is 0 Å². The summed E-state index contributed by atoms with van der Waals surface area (Å²) in [6.07, 6.45) is 9.52. The summed E-state index contributed by atoms with van der Waals surface area (Å²) in [7, 11) is 0. The van der Waals surface area contributed by atoms with Crippen molar-refractivity contribution in [2.24, 2.45) is 0 Å². The molecule has 0 aliphatic heterocycles. The van der Waals surface area contributed by atoms with Gasteiger partial charge in [-0.15, -0.1) is 0 Å². The first-order chi connectivity index (χ1) is 7.70. The summed E-state index contributed by atoms with van der Waals surface area (Å²) >= 11 is 0. The van der Waals surface area contributed by atoms with Crippen LogP contribution in [-0.4, -0.2) is 34.5 Å². The van der Waals surface area contributed by atoms with E-state index in [1.807, 2.05) is 0 Å². The Morgan fingerprint density at radius 1 is 1.00 bits per heavy atom. The summed E-state index contributed by atoms with van der Waals surface area (Å²) < 4.78 is 0. The van der Waals surface area contributed by atoms with Crippen LogP contribution >= 0.6 is 0 Å². The number of nitrogens with one attached hydrogen (secondary N) is 1. The van der Waals surface area contributed by atoms with Crippen LogP contribution in [0.1, 0.15) is 57.8 Å². The summed E-state index contributed by atoms with van der Waals surface area (Å²) in [6.45, 7) is 0.661. The van der Waals surface area contributed by atoms with Gasteiger partial charge in [0.1, 0.15) is 0 Å². The maximum Gasteiger partial charge on any atom is 0.0771 e. The molecule has 0 unspecified atom stereocenters. The predicted octanol–water partition coefficient (Wildman–Crippen LogP) is 1.57. The molecule has 0 radical (unpaired) electrons. The van der Waals surface area contributed by atoms with E-state index in [1.54, 1.807) is 0 Å². The van der Waals surface area contributed by atoms with Gasteiger partial charge in [0.15, 0.2) is 0 Å². The molecular formula is C13H25NO2.